The van der Waals surface area contributed by atoms with Crippen molar-refractivity contribution in [3.8, 4) is 0 Å². The van der Waals surface area contributed by atoms with Crippen LogP contribution in [0.2, 0.25) is 0 Å². The Hall–Kier alpha value is -1.46. The highest BCUT2D eigenvalue weighted by Crippen LogP contribution is 2.22. The van der Waals surface area contributed by atoms with Crippen LogP contribution in [-0.4, -0.2) is 29.4 Å². The summed E-state index contributed by atoms with van der Waals surface area (Å²) >= 11 is 1.64. The molecular weight excluding hydrogens is 270 g/mol. The third kappa shape index (κ3) is 3.55. The molecule has 2 N–H and O–H groups in total. The summed E-state index contributed by atoms with van der Waals surface area (Å²) in [6.45, 7) is 3.20. The zero-order valence-electron chi connectivity index (χ0n) is 12.0. The van der Waals surface area contributed by atoms with Gasteiger partial charge in [-0.1, -0.05) is 25.5 Å². The first-order chi connectivity index (χ1) is 9.63. The number of fused-ring (bicyclic) bond motifs is 1. The van der Waals surface area contributed by atoms with Gasteiger partial charge in [0.2, 0.25) is 5.91 Å². The summed E-state index contributed by atoms with van der Waals surface area (Å²) in [6, 6.07) is 8.04. The maximum absolute atomic E-state index is 12.1. The summed E-state index contributed by atoms with van der Waals surface area (Å²) in [5.74, 6) is 0.418. The van der Waals surface area contributed by atoms with Gasteiger partial charge >= 0.3 is 0 Å². The molecule has 0 aliphatic heterocycles. The molecule has 1 unspecified atom stereocenters. The van der Waals surface area contributed by atoms with Crippen LogP contribution in [0.1, 0.15) is 24.8 Å². The predicted octanol–water partition coefficient (Wildman–Crippen LogP) is 2.63. The highest BCUT2D eigenvalue weighted by Gasteiger charge is 2.16. The molecule has 1 atom stereocenters. The van der Waals surface area contributed by atoms with Crippen molar-refractivity contribution in [2.75, 3.05) is 13.6 Å². The number of carbonyl (C=O) groups is 1. The van der Waals surface area contributed by atoms with Gasteiger partial charge in [-0.3, -0.25) is 4.79 Å². The number of para-hydroxylation sites is 1. The molecule has 1 aromatic heterocycles. The molecule has 108 valence electrons. The van der Waals surface area contributed by atoms with Gasteiger partial charge < -0.3 is 10.6 Å². The fourth-order valence-corrected chi connectivity index (χ4v) is 3.10. The minimum Gasteiger partial charge on any atom is -0.339 e. The van der Waals surface area contributed by atoms with Gasteiger partial charge in [-0.25, -0.2) is 4.98 Å². The van der Waals surface area contributed by atoms with Crippen molar-refractivity contribution in [2.24, 2.45) is 11.7 Å². The van der Waals surface area contributed by atoms with Crippen LogP contribution >= 0.6 is 11.3 Å². The number of aromatic nitrogens is 1. The first kappa shape index (κ1) is 14.9. The number of carbonyl (C=O) groups excluding carboxylic acids is 1. The second kappa shape index (κ2) is 6.81. The molecular formula is C15H21N3OS. The average Bonchev–Trinajstić information content (AvgIpc) is 2.86. The predicted molar refractivity (Wildman–Crippen MR) is 83.5 cm³/mol. The van der Waals surface area contributed by atoms with E-state index in [1.54, 1.807) is 16.2 Å². The van der Waals surface area contributed by atoms with Gasteiger partial charge in [0.1, 0.15) is 5.01 Å². The lowest BCUT2D eigenvalue weighted by Crippen LogP contribution is -2.29. The Kier molecular flexibility index (Phi) is 5.09. The van der Waals surface area contributed by atoms with Gasteiger partial charge in [0.15, 0.2) is 0 Å². The van der Waals surface area contributed by atoms with E-state index in [2.05, 4.69) is 18.0 Å². The van der Waals surface area contributed by atoms with Gasteiger partial charge in [0.05, 0.1) is 16.8 Å². The fraction of sp³-hybridized carbons (Fsp3) is 0.467. The van der Waals surface area contributed by atoms with E-state index in [-0.39, 0.29) is 11.8 Å². The molecule has 1 amide bonds. The molecule has 0 saturated heterocycles. The van der Waals surface area contributed by atoms with Crippen LogP contribution in [0.5, 0.6) is 0 Å². The molecule has 0 bridgehead atoms. The maximum Gasteiger partial charge on any atom is 0.223 e. The second-order valence-corrected chi connectivity index (χ2v) is 6.15. The van der Waals surface area contributed by atoms with Gasteiger partial charge in [0, 0.05) is 13.5 Å². The number of amides is 1. The summed E-state index contributed by atoms with van der Waals surface area (Å²) in [4.78, 5) is 18.4. The molecule has 0 saturated carbocycles. The van der Waals surface area contributed by atoms with E-state index in [9.17, 15) is 4.79 Å². The zero-order valence-corrected chi connectivity index (χ0v) is 12.8. The molecule has 1 heterocycles. The normalized spacial score (nSPS) is 12.6. The monoisotopic (exact) mass is 291 g/mol. The van der Waals surface area contributed by atoms with E-state index < -0.39 is 0 Å². The van der Waals surface area contributed by atoms with Crippen LogP contribution in [0.15, 0.2) is 24.3 Å². The quantitative estimate of drug-likeness (QED) is 0.890. The van der Waals surface area contributed by atoms with E-state index in [4.69, 9.17) is 5.73 Å². The topological polar surface area (TPSA) is 59.2 Å². The number of hydrogen-bond acceptors (Lipinski definition) is 4. The van der Waals surface area contributed by atoms with Crippen molar-refractivity contribution < 1.29 is 4.79 Å². The molecule has 0 aliphatic rings. The van der Waals surface area contributed by atoms with E-state index in [1.165, 1.54) is 0 Å². The molecule has 20 heavy (non-hydrogen) atoms. The zero-order chi connectivity index (χ0) is 14.5. The van der Waals surface area contributed by atoms with E-state index in [0.29, 0.717) is 19.5 Å². The van der Waals surface area contributed by atoms with Gasteiger partial charge in [-0.15, -0.1) is 11.3 Å². The number of nitrogens with two attached hydrogens (primary N) is 1. The molecule has 2 rings (SSSR count). The number of hydrogen-bond donors (Lipinski definition) is 1. The summed E-state index contributed by atoms with van der Waals surface area (Å²) in [5.41, 5.74) is 6.66. The third-order valence-electron chi connectivity index (χ3n) is 3.51. The lowest BCUT2D eigenvalue weighted by Gasteiger charge is -2.19. The van der Waals surface area contributed by atoms with Gasteiger partial charge in [-0.05, 0) is 24.6 Å². The summed E-state index contributed by atoms with van der Waals surface area (Å²) in [5, 5.41) is 0.975. The minimum atomic E-state index is 0.140. The lowest BCUT2D eigenvalue weighted by atomic mass is 10.0. The van der Waals surface area contributed by atoms with Crippen LogP contribution in [0, 0.1) is 5.92 Å². The molecule has 4 nitrogen and oxygen atoms in total. The molecule has 0 fully saturated rings. The number of rotatable bonds is 6. The number of thiazole rings is 1. The molecule has 5 heteroatoms. The molecule has 0 aliphatic carbocycles. The Morgan fingerprint density at radius 3 is 2.85 bits per heavy atom. The van der Waals surface area contributed by atoms with Crippen molar-refractivity contribution in [3.05, 3.63) is 29.3 Å². The number of benzene rings is 1. The van der Waals surface area contributed by atoms with Crippen molar-refractivity contribution in [1.82, 2.24) is 9.88 Å². The van der Waals surface area contributed by atoms with E-state index in [1.807, 2.05) is 25.2 Å². The SMILES string of the molecule is CCC(CN)CC(=O)N(C)Cc1nc2ccccc2s1. The Morgan fingerprint density at radius 1 is 1.45 bits per heavy atom. The molecule has 2 aromatic rings. The van der Waals surface area contributed by atoms with Crippen molar-refractivity contribution in [2.45, 2.75) is 26.3 Å². The highest BCUT2D eigenvalue weighted by molar-refractivity contribution is 7.18. The third-order valence-corrected chi connectivity index (χ3v) is 4.53. The standard InChI is InChI=1S/C15H21N3OS/c1-3-11(9-16)8-15(19)18(2)10-14-17-12-6-4-5-7-13(12)20-14/h4-7,11H,3,8-10,16H2,1-2H3. The van der Waals surface area contributed by atoms with Crippen LogP contribution in [-0.2, 0) is 11.3 Å². The van der Waals surface area contributed by atoms with Crippen molar-refractivity contribution >= 4 is 27.5 Å². The smallest absolute Gasteiger partial charge is 0.223 e. The van der Waals surface area contributed by atoms with E-state index in [0.717, 1.165) is 21.6 Å². The first-order valence-corrected chi connectivity index (χ1v) is 7.74. The Morgan fingerprint density at radius 2 is 2.20 bits per heavy atom. The van der Waals surface area contributed by atoms with Crippen LogP contribution < -0.4 is 5.73 Å². The minimum absolute atomic E-state index is 0.140. The largest absolute Gasteiger partial charge is 0.339 e. The van der Waals surface area contributed by atoms with Crippen LogP contribution in [0.3, 0.4) is 0 Å². The molecule has 0 spiro atoms. The van der Waals surface area contributed by atoms with Crippen molar-refractivity contribution in [3.63, 3.8) is 0 Å². The fourth-order valence-electron chi connectivity index (χ4n) is 2.08. The maximum atomic E-state index is 12.1. The van der Waals surface area contributed by atoms with Crippen molar-refractivity contribution in [1.29, 1.82) is 0 Å². The Labute approximate surface area is 123 Å². The van der Waals surface area contributed by atoms with Gasteiger partial charge in [-0.2, -0.15) is 0 Å². The average molecular weight is 291 g/mol. The second-order valence-electron chi connectivity index (χ2n) is 5.04. The van der Waals surface area contributed by atoms with Crippen LogP contribution in [0.25, 0.3) is 10.2 Å². The highest BCUT2D eigenvalue weighted by atomic mass is 32.1. The lowest BCUT2D eigenvalue weighted by molar-refractivity contribution is -0.131. The molecule has 1 aromatic carbocycles. The Bertz CT molecular complexity index is 544. The van der Waals surface area contributed by atoms with E-state index >= 15 is 0 Å². The Balaban J connectivity index is 1.99. The first-order valence-electron chi connectivity index (χ1n) is 6.92. The molecule has 0 radical (unpaired) electrons. The summed E-state index contributed by atoms with van der Waals surface area (Å²) in [7, 11) is 1.83. The number of nitrogens with zero attached hydrogens (tertiary/aromatic N) is 2. The summed E-state index contributed by atoms with van der Waals surface area (Å²) < 4.78 is 1.16. The summed E-state index contributed by atoms with van der Waals surface area (Å²) in [6.07, 6.45) is 1.46. The van der Waals surface area contributed by atoms with Gasteiger partial charge in [0.25, 0.3) is 0 Å². The van der Waals surface area contributed by atoms with Crippen LogP contribution in [0.4, 0.5) is 0 Å².